The van der Waals surface area contributed by atoms with Gasteiger partial charge in [0.1, 0.15) is 11.6 Å². The summed E-state index contributed by atoms with van der Waals surface area (Å²) >= 11 is 0. The average molecular weight is 242 g/mol. The van der Waals surface area contributed by atoms with Crippen LogP contribution in [0.1, 0.15) is 19.4 Å². The SMILES string of the molecule is CC(C)Oc1cccc(CNc2ccccn2)c1. The van der Waals surface area contributed by atoms with Crippen molar-refractivity contribution in [3.8, 4) is 5.75 Å². The molecule has 1 N–H and O–H groups in total. The first-order valence-electron chi connectivity index (χ1n) is 6.14. The van der Waals surface area contributed by atoms with Gasteiger partial charge in [0.15, 0.2) is 0 Å². The molecule has 1 heterocycles. The highest BCUT2D eigenvalue weighted by molar-refractivity contribution is 5.36. The van der Waals surface area contributed by atoms with Crippen molar-refractivity contribution in [2.75, 3.05) is 5.32 Å². The van der Waals surface area contributed by atoms with Gasteiger partial charge in [-0.05, 0) is 43.7 Å². The average Bonchev–Trinajstić information content (AvgIpc) is 2.37. The van der Waals surface area contributed by atoms with E-state index in [0.717, 1.165) is 18.1 Å². The highest BCUT2D eigenvalue weighted by atomic mass is 16.5. The summed E-state index contributed by atoms with van der Waals surface area (Å²) in [4.78, 5) is 4.22. The summed E-state index contributed by atoms with van der Waals surface area (Å²) < 4.78 is 5.66. The molecule has 0 amide bonds. The Labute approximate surface area is 108 Å². The molecule has 0 saturated carbocycles. The summed E-state index contributed by atoms with van der Waals surface area (Å²) in [5, 5.41) is 3.27. The van der Waals surface area contributed by atoms with Crippen LogP contribution >= 0.6 is 0 Å². The molecular weight excluding hydrogens is 224 g/mol. The number of pyridine rings is 1. The number of benzene rings is 1. The third kappa shape index (κ3) is 3.77. The fraction of sp³-hybridized carbons (Fsp3) is 0.267. The van der Waals surface area contributed by atoms with Gasteiger partial charge in [0.25, 0.3) is 0 Å². The van der Waals surface area contributed by atoms with Gasteiger partial charge < -0.3 is 10.1 Å². The molecule has 0 radical (unpaired) electrons. The van der Waals surface area contributed by atoms with Crippen LogP contribution < -0.4 is 10.1 Å². The lowest BCUT2D eigenvalue weighted by atomic mass is 10.2. The molecule has 0 bridgehead atoms. The van der Waals surface area contributed by atoms with Crippen LogP contribution in [-0.4, -0.2) is 11.1 Å². The van der Waals surface area contributed by atoms with Crippen molar-refractivity contribution < 1.29 is 4.74 Å². The maximum absolute atomic E-state index is 5.66. The number of hydrogen-bond donors (Lipinski definition) is 1. The first kappa shape index (κ1) is 12.4. The van der Waals surface area contributed by atoms with E-state index in [-0.39, 0.29) is 6.10 Å². The van der Waals surface area contributed by atoms with Crippen molar-refractivity contribution in [1.82, 2.24) is 4.98 Å². The van der Waals surface area contributed by atoms with Crippen LogP contribution in [0.15, 0.2) is 48.7 Å². The second-order valence-corrected chi connectivity index (χ2v) is 4.38. The zero-order valence-corrected chi connectivity index (χ0v) is 10.8. The van der Waals surface area contributed by atoms with E-state index in [1.807, 2.05) is 44.2 Å². The van der Waals surface area contributed by atoms with Crippen LogP contribution in [0.4, 0.5) is 5.82 Å². The molecule has 1 aromatic carbocycles. The Morgan fingerprint density at radius 1 is 1.17 bits per heavy atom. The number of hydrogen-bond acceptors (Lipinski definition) is 3. The zero-order valence-electron chi connectivity index (χ0n) is 10.8. The van der Waals surface area contributed by atoms with Crippen LogP contribution in [-0.2, 0) is 6.54 Å². The van der Waals surface area contributed by atoms with Crippen molar-refractivity contribution in [1.29, 1.82) is 0 Å². The molecule has 0 spiro atoms. The third-order valence-corrected chi connectivity index (χ3v) is 2.41. The number of rotatable bonds is 5. The van der Waals surface area contributed by atoms with Gasteiger partial charge in [-0.1, -0.05) is 18.2 Å². The molecule has 0 saturated heterocycles. The van der Waals surface area contributed by atoms with Gasteiger partial charge in [0.05, 0.1) is 6.10 Å². The molecule has 0 fully saturated rings. The summed E-state index contributed by atoms with van der Waals surface area (Å²) in [6.07, 6.45) is 1.98. The third-order valence-electron chi connectivity index (χ3n) is 2.41. The van der Waals surface area contributed by atoms with Crippen LogP contribution in [0.5, 0.6) is 5.75 Å². The number of nitrogens with zero attached hydrogens (tertiary/aromatic N) is 1. The molecule has 0 aliphatic rings. The predicted octanol–water partition coefficient (Wildman–Crippen LogP) is 3.48. The first-order chi connectivity index (χ1) is 8.74. The number of anilines is 1. The van der Waals surface area contributed by atoms with Crippen LogP contribution in [0, 0.1) is 0 Å². The van der Waals surface area contributed by atoms with Crippen molar-refractivity contribution in [3.05, 3.63) is 54.2 Å². The maximum atomic E-state index is 5.66. The van der Waals surface area contributed by atoms with E-state index in [9.17, 15) is 0 Å². The Hall–Kier alpha value is -2.03. The van der Waals surface area contributed by atoms with Crippen molar-refractivity contribution in [2.24, 2.45) is 0 Å². The van der Waals surface area contributed by atoms with Crippen molar-refractivity contribution >= 4 is 5.82 Å². The van der Waals surface area contributed by atoms with E-state index >= 15 is 0 Å². The maximum Gasteiger partial charge on any atom is 0.126 e. The Kier molecular flexibility index (Phi) is 4.18. The van der Waals surface area contributed by atoms with E-state index in [1.54, 1.807) is 6.20 Å². The molecule has 2 rings (SSSR count). The molecule has 0 aliphatic heterocycles. The standard InChI is InChI=1S/C15H18N2O/c1-12(2)18-14-7-5-6-13(10-14)11-17-15-8-3-4-9-16-15/h3-10,12H,11H2,1-2H3,(H,16,17). The molecule has 0 unspecified atom stereocenters. The first-order valence-corrected chi connectivity index (χ1v) is 6.14. The Bertz CT molecular complexity index is 483. The monoisotopic (exact) mass is 242 g/mol. The van der Waals surface area contributed by atoms with E-state index in [2.05, 4.69) is 22.4 Å². The van der Waals surface area contributed by atoms with Crippen molar-refractivity contribution in [2.45, 2.75) is 26.5 Å². The van der Waals surface area contributed by atoms with E-state index in [1.165, 1.54) is 5.56 Å². The van der Waals surface area contributed by atoms with Gasteiger partial charge in [-0.25, -0.2) is 4.98 Å². The van der Waals surface area contributed by atoms with E-state index in [0.29, 0.717) is 0 Å². The summed E-state index contributed by atoms with van der Waals surface area (Å²) in [5.74, 6) is 1.79. The van der Waals surface area contributed by atoms with Gasteiger partial charge in [0, 0.05) is 12.7 Å². The molecule has 18 heavy (non-hydrogen) atoms. The molecular formula is C15H18N2O. The second-order valence-electron chi connectivity index (χ2n) is 4.38. The fourth-order valence-electron chi connectivity index (χ4n) is 1.66. The highest BCUT2D eigenvalue weighted by Gasteiger charge is 1.99. The van der Waals surface area contributed by atoms with Gasteiger partial charge in [-0.3, -0.25) is 0 Å². The minimum absolute atomic E-state index is 0.198. The molecule has 1 aromatic heterocycles. The van der Waals surface area contributed by atoms with E-state index in [4.69, 9.17) is 4.74 Å². The van der Waals surface area contributed by atoms with Crippen LogP contribution in [0.3, 0.4) is 0 Å². The predicted molar refractivity (Wildman–Crippen MR) is 73.8 cm³/mol. The smallest absolute Gasteiger partial charge is 0.126 e. The van der Waals surface area contributed by atoms with Crippen molar-refractivity contribution in [3.63, 3.8) is 0 Å². The zero-order chi connectivity index (χ0) is 12.8. The minimum atomic E-state index is 0.198. The number of nitrogens with one attached hydrogen (secondary N) is 1. The number of aromatic nitrogens is 1. The van der Waals surface area contributed by atoms with Gasteiger partial charge in [-0.15, -0.1) is 0 Å². The quantitative estimate of drug-likeness (QED) is 0.871. The summed E-state index contributed by atoms with van der Waals surface area (Å²) in [7, 11) is 0. The molecule has 0 atom stereocenters. The molecule has 3 nitrogen and oxygen atoms in total. The largest absolute Gasteiger partial charge is 0.491 e. The van der Waals surface area contributed by atoms with E-state index < -0.39 is 0 Å². The molecule has 3 heteroatoms. The number of ether oxygens (including phenoxy) is 1. The Balaban J connectivity index is 1.97. The highest BCUT2D eigenvalue weighted by Crippen LogP contribution is 2.15. The second kappa shape index (κ2) is 6.05. The summed E-state index contributed by atoms with van der Waals surface area (Å²) in [6.45, 7) is 4.80. The molecule has 94 valence electrons. The normalized spacial score (nSPS) is 10.4. The lowest BCUT2D eigenvalue weighted by Crippen LogP contribution is -2.06. The van der Waals surface area contributed by atoms with Crippen LogP contribution in [0.25, 0.3) is 0 Å². The Morgan fingerprint density at radius 2 is 2.06 bits per heavy atom. The lowest BCUT2D eigenvalue weighted by molar-refractivity contribution is 0.242. The minimum Gasteiger partial charge on any atom is -0.491 e. The van der Waals surface area contributed by atoms with Crippen LogP contribution in [0.2, 0.25) is 0 Å². The molecule has 0 aliphatic carbocycles. The summed E-state index contributed by atoms with van der Waals surface area (Å²) in [6, 6.07) is 13.9. The topological polar surface area (TPSA) is 34.1 Å². The Morgan fingerprint density at radius 3 is 2.78 bits per heavy atom. The lowest BCUT2D eigenvalue weighted by Gasteiger charge is -2.11. The fourth-order valence-corrected chi connectivity index (χ4v) is 1.66. The molecule has 2 aromatic rings. The van der Waals surface area contributed by atoms with Gasteiger partial charge in [-0.2, -0.15) is 0 Å². The summed E-state index contributed by atoms with van der Waals surface area (Å²) in [5.41, 5.74) is 1.18. The van der Waals surface area contributed by atoms with Gasteiger partial charge in [0.2, 0.25) is 0 Å². The van der Waals surface area contributed by atoms with Gasteiger partial charge >= 0.3 is 0 Å².